The van der Waals surface area contributed by atoms with Gasteiger partial charge in [0.15, 0.2) is 6.10 Å². The van der Waals surface area contributed by atoms with Crippen LogP contribution < -0.4 is 10.2 Å². The lowest BCUT2D eigenvalue weighted by molar-refractivity contribution is -0.153. The van der Waals surface area contributed by atoms with Crippen molar-refractivity contribution in [3.8, 4) is 0 Å². The smallest absolute Gasteiger partial charge is 0.408 e. The first-order valence-electron chi connectivity index (χ1n) is 15.8. The number of anilines is 1. The van der Waals surface area contributed by atoms with E-state index in [0.29, 0.717) is 36.1 Å². The molecule has 0 aliphatic carbocycles. The van der Waals surface area contributed by atoms with E-state index in [1.165, 1.54) is 0 Å². The molecule has 11 heteroatoms. The van der Waals surface area contributed by atoms with E-state index in [4.69, 9.17) is 9.47 Å². The summed E-state index contributed by atoms with van der Waals surface area (Å²) < 4.78 is 25.3. The maximum Gasteiger partial charge on any atom is 0.408 e. The molecule has 6 rings (SSSR count). The summed E-state index contributed by atoms with van der Waals surface area (Å²) in [6.45, 7) is 5.61. The van der Waals surface area contributed by atoms with Crippen LogP contribution in [0.5, 0.6) is 0 Å². The van der Waals surface area contributed by atoms with Crippen molar-refractivity contribution in [2.45, 2.75) is 56.7 Å². The van der Waals surface area contributed by atoms with Crippen LogP contribution in [0.15, 0.2) is 114 Å². The minimum Gasteiger partial charge on any atom is -0.448 e. The number of ether oxygens (including phenoxy) is 2. The molecule has 0 radical (unpaired) electrons. The number of alkyl carbamates (subject to hydrolysis) is 1. The van der Waals surface area contributed by atoms with Gasteiger partial charge < -0.3 is 19.7 Å². The largest absolute Gasteiger partial charge is 0.448 e. The van der Waals surface area contributed by atoms with Crippen LogP contribution in [0, 0.1) is 0 Å². The molecule has 0 bridgehead atoms. The molecule has 3 atom stereocenters. The van der Waals surface area contributed by atoms with Gasteiger partial charge in [0.1, 0.15) is 22.7 Å². The van der Waals surface area contributed by atoms with Gasteiger partial charge in [-0.25, -0.2) is 9.59 Å². The zero-order valence-corrected chi connectivity index (χ0v) is 27.8. The Morgan fingerprint density at radius 1 is 0.917 bits per heavy atom. The second-order valence-electron chi connectivity index (χ2n) is 12.8. The van der Waals surface area contributed by atoms with Gasteiger partial charge in [0, 0.05) is 17.8 Å². The number of rotatable bonds is 7. The van der Waals surface area contributed by atoms with Crippen molar-refractivity contribution in [3.63, 3.8) is 0 Å². The molecule has 3 aliphatic rings. The quantitative estimate of drug-likeness (QED) is 0.210. The van der Waals surface area contributed by atoms with Crippen LogP contribution in [0.3, 0.4) is 0 Å². The lowest BCUT2D eigenvalue weighted by Gasteiger charge is -2.49. The Hall–Kier alpha value is -5.03. The fourth-order valence-electron chi connectivity index (χ4n) is 6.09. The van der Waals surface area contributed by atoms with Crippen molar-refractivity contribution in [3.05, 3.63) is 125 Å². The third kappa shape index (κ3) is 6.82. The maximum atomic E-state index is 14.3. The molecule has 10 nitrogen and oxygen atoms in total. The van der Waals surface area contributed by atoms with Gasteiger partial charge in [0.25, 0.3) is 11.8 Å². The number of β-lactam (4-membered cyclic amide) rings is 1. The fourth-order valence-corrected chi connectivity index (χ4v) is 7.72. The third-order valence-corrected chi connectivity index (χ3v) is 9.83. The summed E-state index contributed by atoms with van der Waals surface area (Å²) in [6, 6.07) is 26.6. The van der Waals surface area contributed by atoms with Gasteiger partial charge in [-0.15, -0.1) is 0 Å². The highest BCUT2D eigenvalue weighted by Gasteiger charge is 2.57. The zero-order valence-electron chi connectivity index (χ0n) is 27.0. The molecule has 1 N–H and O–H groups in total. The molecule has 0 unspecified atom stereocenters. The minimum atomic E-state index is -1.73. The molecule has 248 valence electrons. The number of esters is 1. The van der Waals surface area contributed by atoms with Crippen molar-refractivity contribution in [1.29, 1.82) is 0 Å². The first-order valence-corrected chi connectivity index (χ1v) is 17.2. The number of fused-ring (bicyclic) bond motifs is 1. The van der Waals surface area contributed by atoms with Gasteiger partial charge in [-0.1, -0.05) is 78.9 Å². The molecule has 3 amide bonds. The minimum absolute atomic E-state index is 0.0964. The van der Waals surface area contributed by atoms with Crippen molar-refractivity contribution < 1.29 is 32.9 Å². The van der Waals surface area contributed by atoms with Gasteiger partial charge in [0.2, 0.25) is 0 Å². The number of carbonyl (C=O) groups is 4. The Kier molecular flexibility index (Phi) is 9.32. The van der Waals surface area contributed by atoms with E-state index >= 15 is 0 Å². The van der Waals surface area contributed by atoms with Crippen molar-refractivity contribution in [2.75, 3.05) is 17.2 Å². The van der Waals surface area contributed by atoms with Crippen LogP contribution in [0.4, 0.5) is 10.5 Å². The molecule has 3 aromatic carbocycles. The summed E-state index contributed by atoms with van der Waals surface area (Å²) in [5.74, 6) is -1.80. The molecule has 2 saturated heterocycles. The van der Waals surface area contributed by atoms with Crippen LogP contribution in [-0.4, -0.2) is 62.3 Å². The molecule has 3 heterocycles. The number of para-hydroxylation sites is 1. The zero-order chi connectivity index (χ0) is 34.0. The summed E-state index contributed by atoms with van der Waals surface area (Å²) in [4.78, 5) is 57.2. The Morgan fingerprint density at radius 2 is 1.50 bits per heavy atom. The molecular formula is C37H37N3O7S. The monoisotopic (exact) mass is 667 g/mol. The van der Waals surface area contributed by atoms with E-state index in [2.05, 4.69) is 5.32 Å². The predicted molar refractivity (Wildman–Crippen MR) is 181 cm³/mol. The van der Waals surface area contributed by atoms with Crippen molar-refractivity contribution in [1.82, 2.24) is 10.2 Å². The van der Waals surface area contributed by atoms with Crippen molar-refractivity contribution in [2.24, 2.45) is 0 Å². The van der Waals surface area contributed by atoms with E-state index in [9.17, 15) is 23.4 Å². The van der Waals surface area contributed by atoms with E-state index in [0.717, 1.165) is 10.6 Å². The van der Waals surface area contributed by atoms with Gasteiger partial charge >= 0.3 is 12.1 Å². The van der Waals surface area contributed by atoms with Crippen LogP contribution in [0.2, 0.25) is 0 Å². The lowest BCUT2D eigenvalue weighted by Crippen LogP contribution is -2.73. The van der Waals surface area contributed by atoms with Crippen LogP contribution in [0.25, 0.3) is 0 Å². The highest BCUT2D eigenvalue weighted by atomic mass is 32.2. The molecule has 3 aromatic rings. The van der Waals surface area contributed by atoms with Crippen LogP contribution in [0.1, 0.15) is 50.8 Å². The fraction of sp³-hybridized carbons (Fsp3) is 0.297. The van der Waals surface area contributed by atoms with E-state index < -0.39 is 51.9 Å². The molecule has 0 aromatic heterocycles. The Bertz CT molecular complexity index is 1760. The highest BCUT2D eigenvalue weighted by molar-refractivity contribution is 7.86. The summed E-state index contributed by atoms with van der Waals surface area (Å²) in [6.07, 6.45) is 1.06. The number of hydrogen-bond donors (Lipinski definition) is 1. The standard InChI is InChI=1S/C37H37N3O7S/c1-37(2,3)47-36(44)38-29-33(42)40-30(35(43)46-31(24-14-7-4-8-15-24)25-16-9-5-10-17-25)27(23-48(45)34(29)40)22-26-18-13-21-39(32(26)41)28-19-11-6-12-20-28/h4-12,14-17,19-20,22,29,31,34H,13,18,21,23H2,1-3H3,(H,38,44)/b26-22+/t29-,34-,48+/m1/s1. The average molecular weight is 668 g/mol. The van der Waals surface area contributed by atoms with Crippen molar-refractivity contribution >= 4 is 40.4 Å². The SMILES string of the molecule is CC(C)(C)OC(=O)N[C@@H]1C(=O)N2C(C(=O)OC(c3ccccc3)c3ccccc3)=C(/C=C3\CCCN(c4ccccc4)C3=O)C[S@](=O)[C@H]12. The molecule has 0 spiro atoms. The number of allylic oxidation sites excluding steroid dienone is 1. The summed E-state index contributed by atoms with van der Waals surface area (Å²) in [7, 11) is -1.73. The number of benzene rings is 3. The van der Waals surface area contributed by atoms with E-state index in [1.54, 1.807) is 31.7 Å². The predicted octanol–water partition coefficient (Wildman–Crippen LogP) is 5.15. The topological polar surface area (TPSA) is 122 Å². The van der Waals surface area contributed by atoms with Gasteiger partial charge in [-0.2, -0.15) is 0 Å². The van der Waals surface area contributed by atoms with E-state index in [1.807, 2.05) is 91.0 Å². The molecular weight excluding hydrogens is 630 g/mol. The van der Waals surface area contributed by atoms with Gasteiger partial charge in [0.05, 0.1) is 16.6 Å². The second kappa shape index (κ2) is 13.6. The number of carbonyl (C=O) groups excluding carboxylic acids is 4. The first kappa shape index (κ1) is 32.9. The average Bonchev–Trinajstić information content (AvgIpc) is 3.07. The van der Waals surface area contributed by atoms with E-state index in [-0.39, 0.29) is 22.9 Å². The molecule has 0 saturated carbocycles. The Labute approximate surface area is 281 Å². The second-order valence-corrected chi connectivity index (χ2v) is 14.3. The highest BCUT2D eigenvalue weighted by Crippen LogP contribution is 2.38. The molecule has 48 heavy (non-hydrogen) atoms. The molecule has 3 aliphatic heterocycles. The normalized spacial score (nSPS) is 21.9. The number of amides is 3. The van der Waals surface area contributed by atoms with Gasteiger partial charge in [-0.3, -0.25) is 18.7 Å². The maximum absolute atomic E-state index is 14.3. The number of nitrogens with zero attached hydrogens (tertiary/aromatic N) is 2. The first-order chi connectivity index (χ1) is 23.0. The molecule has 2 fully saturated rings. The summed E-state index contributed by atoms with van der Waals surface area (Å²) >= 11 is 0. The number of piperidine rings is 1. The lowest BCUT2D eigenvalue weighted by atomic mass is 9.97. The third-order valence-electron chi connectivity index (χ3n) is 8.21. The van der Waals surface area contributed by atoms with Crippen LogP contribution >= 0.6 is 0 Å². The Morgan fingerprint density at radius 3 is 2.08 bits per heavy atom. The number of nitrogens with one attached hydrogen (secondary N) is 1. The van der Waals surface area contributed by atoms with Crippen LogP contribution in [-0.2, 0) is 34.7 Å². The summed E-state index contributed by atoms with van der Waals surface area (Å²) in [5.41, 5.74) is 1.96. The number of hydrogen-bond acceptors (Lipinski definition) is 7. The Balaban J connectivity index is 1.39. The van der Waals surface area contributed by atoms with Gasteiger partial charge in [-0.05, 0) is 68.5 Å². The summed E-state index contributed by atoms with van der Waals surface area (Å²) in [5, 5.41) is 1.51.